The van der Waals surface area contributed by atoms with Gasteiger partial charge in [-0.1, -0.05) is 0 Å². The van der Waals surface area contributed by atoms with Crippen molar-refractivity contribution in [2.45, 2.75) is 19.2 Å². The number of carbonyl (C=O) groups excluding carboxylic acids is 1. The second-order valence-corrected chi connectivity index (χ2v) is 6.90. The molecule has 1 fully saturated rings. The Morgan fingerprint density at radius 3 is 2.50 bits per heavy atom. The molecule has 9 heteroatoms. The van der Waals surface area contributed by atoms with Gasteiger partial charge in [0.25, 0.3) is 5.91 Å². The maximum atomic E-state index is 12.7. The number of hydrogen-bond donors (Lipinski definition) is 2. The lowest BCUT2D eigenvalue weighted by Gasteiger charge is -2.20. The average Bonchev–Trinajstić information content (AvgIpc) is 3.42. The van der Waals surface area contributed by atoms with Crippen molar-refractivity contribution in [2.24, 2.45) is 0 Å². The molecule has 0 unspecified atom stereocenters. The molecular formula is C21H19F3N4O2. The van der Waals surface area contributed by atoms with Gasteiger partial charge in [-0.25, -0.2) is 4.98 Å². The molecule has 6 nitrogen and oxygen atoms in total. The molecule has 156 valence electrons. The summed E-state index contributed by atoms with van der Waals surface area (Å²) in [4.78, 5) is 22.6. The van der Waals surface area contributed by atoms with E-state index in [1.54, 1.807) is 12.3 Å². The Hall–Kier alpha value is -3.49. The number of aromatic amines is 1. The van der Waals surface area contributed by atoms with Crippen LogP contribution in [0.1, 0.15) is 23.2 Å². The van der Waals surface area contributed by atoms with E-state index in [4.69, 9.17) is 0 Å². The van der Waals surface area contributed by atoms with E-state index >= 15 is 0 Å². The first-order valence-corrected chi connectivity index (χ1v) is 9.45. The number of H-pyrrole nitrogens is 1. The van der Waals surface area contributed by atoms with Gasteiger partial charge in [0.15, 0.2) is 0 Å². The standard InChI is InChI=1S/C21H19F3N4O2/c22-21(23,24)30-16-7-5-15(6-8-16)27-20(29)14-12-17(18-4-3-9-25-18)19(26-13-14)28-10-1-2-11-28/h3-9,12-13,25H,1-2,10-11H2,(H,27,29). The smallest absolute Gasteiger partial charge is 0.406 e. The van der Waals surface area contributed by atoms with Gasteiger partial charge in [0, 0.05) is 42.4 Å². The molecule has 0 bridgehead atoms. The lowest BCUT2D eigenvalue weighted by atomic mass is 10.1. The van der Waals surface area contributed by atoms with Crippen molar-refractivity contribution in [2.75, 3.05) is 23.3 Å². The third-order valence-electron chi connectivity index (χ3n) is 4.77. The third kappa shape index (κ3) is 4.56. The minimum atomic E-state index is -4.76. The van der Waals surface area contributed by atoms with E-state index in [-0.39, 0.29) is 5.75 Å². The van der Waals surface area contributed by atoms with Gasteiger partial charge in [0.1, 0.15) is 11.6 Å². The van der Waals surface area contributed by atoms with E-state index < -0.39 is 12.3 Å². The van der Waals surface area contributed by atoms with E-state index in [0.29, 0.717) is 11.3 Å². The number of pyridine rings is 1. The molecule has 1 aromatic carbocycles. The number of ether oxygens (including phenoxy) is 1. The van der Waals surface area contributed by atoms with Gasteiger partial charge in [-0.15, -0.1) is 13.2 Å². The molecule has 1 aliphatic rings. The zero-order chi connectivity index (χ0) is 21.1. The summed E-state index contributed by atoms with van der Waals surface area (Å²) in [6.45, 7) is 1.83. The Balaban J connectivity index is 1.55. The van der Waals surface area contributed by atoms with Gasteiger partial charge in [-0.3, -0.25) is 4.79 Å². The Labute approximate surface area is 170 Å². The summed E-state index contributed by atoms with van der Waals surface area (Å²) in [5, 5.41) is 2.67. The SMILES string of the molecule is O=C(Nc1ccc(OC(F)(F)F)cc1)c1cnc(N2CCCC2)c(-c2ccc[nH]2)c1. The zero-order valence-electron chi connectivity index (χ0n) is 15.9. The number of halogens is 3. The number of hydrogen-bond acceptors (Lipinski definition) is 4. The van der Waals surface area contributed by atoms with Crippen LogP contribution in [0.2, 0.25) is 0 Å². The van der Waals surface area contributed by atoms with Gasteiger partial charge < -0.3 is 19.9 Å². The van der Waals surface area contributed by atoms with Crippen molar-refractivity contribution in [1.29, 1.82) is 0 Å². The fourth-order valence-electron chi connectivity index (χ4n) is 3.40. The number of benzene rings is 1. The van der Waals surface area contributed by atoms with Crippen LogP contribution in [-0.4, -0.2) is 35.3 Å². The van der Waals surface area contributed by atoms with Crippen LogP contribution in [0.3, 0.4) is 0 Å². The molecule has 0 saturated carbocycles. The van der Waals surface area contributed by atoms with Crippen LogP contribution in [0.15, 0.2) is 54.9 Å². The summed E-state index contributed by atoms with van der Waals surface area (Å²) < 4.78 is 40.6. The molecule has 1 aliphatic heterocycles. The van der Waals surface area contributed by atoms with Crippen molar-refractivity contribution in [3.8, 4) is 17.0 Å². The fourth-order valence-corrected chi connectivity index (χ4v) is 3.40. The number of nitrogens with one attached hydrogen (secondary N) is 2. The molecule has 0 spiro atoms. The summed E-state index contributed by atoms with van der Waals surface area (Å²) in [5.74, 6) is 0.0547. The summed E-state index contributed by atoms with van der Waals surface area (Å²) >= 11 is 0. The second kappa shape index (κ2) is 8.10. The Bertz CT molecular complexity index is 1010. The van der Waals surface area contributed by atoms with Crippen LogP contribution < -0.4 is 15.0 Å². The van der Waals surface area contributed by atoms with Crippen molar-refractivity contribution < 1.29 is 22.7 Å². The van der Waals surface area contributed by atoms with E-state index in [1.165, 1.54) is 18.3 Å². The number of amides is 1. The number of carbonyl (C=O) groups is 1. The maximum absolute atomic E-state index is 12.7. The molecule has 2 aromatic heterocycles. The maximum Gasteiger partial charge on any atom is 0.573 e. The molecule has 0 atom stereocenters. The highest BCUT2D eigenvalue weighted by Gasteiger charge is 2.31. The van der Waals surface area contributed by atoms with Crippen LogP contribution in [0.25, 0.3) is 11.3 Å². The topological polar surface area (TPSA) is 70.2 Å². The number of aromatic nitrogens is 2. The summed E-state index contributed by atoms with van der Waals surface area (Å²) in [5.41, 5.74) is 2.37. The van der Waals surface area contributed by atoms with Crippen molar-refractivity contribution in [1.82, 2.24) is 9.97 Å². The van der Waals surface area contributed by atoms with Crippen LogP contribution in [0.4, 0.5) is 24.7 Å². The lowest BCUT2D eigenvalue weighted by molar-refractivity contribution is -0.274. The first-order valence-electron chi connectivity index (χ1n) is 9.45. The van der Waals surface area contributed by atoms with Gasteiger partial charge in [0.05, 0.1) is 5.56 Å². The molecule has 1 amide bonds. The number of rotatable bonds is 5. The highest BCUT2D eigenvalue weighted by molar-refractivity contribution is 6.05. The Morgan fingerprint density at radius 2 is 1.87 bits per heavy atom. The highest BCUT2D eigenvalue weighted by Crippen LogP contribution is 2.31. The molecule has 30 heavy (non-hydrogen) atoms. The first kappa shape index (κ1) is 19.8. The normalized spacial score (nSPS) is 14.0. The number of alkyl halides is 3. The predicted molar refractivity (Wildman–Crippen MR) is 107 cm³/mol. The molecule has 0 radical (unpaired) electrons. The number of anilines is 2. The largest absolute Gasteiger partial charge is 0.573 e. The van der Waals surface area contributed by atoms with Crippen LogP contribution in [-0.2, 0) is 0 Å². The first-order chi connectivity index (χ1) is 14.4. The highest BCUT2D eigenvalue weighted by atomic mass is 19.4. The summed E-state index contributed by atoms with van der Waals surface area (Å²) in [6, 6.07) is 10.5. The van der Waals surface area contributed by atoms with Crippen molar-refractivity contribution >= 4 is 17.4 Å². The quantitative estimate of drug-likeness (QED) is 0.625. The summed E-state index contributed by atoms with van der Waals surface area (Å²) in [7, 11) is 0. The monoisotopic (exact) mass is 416 g/mol. The Kier molecular flexibility index (Phi) is 5.35. The second-order valence-electron chi connectivity index (χ2n) is 6.90. The van der Waals surface area contributed by atoms with Crippen molar-refractivity contribution in [3.05, 3.63) is 60.4 Å². The zero-order valence-corrected chi connectivity index (χ0v) is 15.9. The third-order valence-corrected chi connectivity index (χ3v) is 4.77. The molecule has 3 aromatic rings. The number of nitrogens with zero attached hydrogens (tertiary/aromatic N) is 2. The molecule has 1 saturated heterocycles. The van der Waals surface area contributed by atoms with E-state index in [0.717, 1.165) is 55.1 Å². The average molecular weight is 416 g/mol. The Morgan fingerprint density at radius 1 is 1.13 bits per heavy atom. The van der Waals surface area contributed by atoms with Gasteiger partial charge in [-0.2, -0.15) is 0 Å². The molecule has 4 rings (SSSR count). The lowest BCUT2D eigenvalue weighted by Crippen LogP contribution is -2.21. The predicted octanol–water partition coefficient (Wildman–Crippen LogP) is 4.83. The molecule has 3 heterocycles. The van der Waals surface area contributed by atoms with Crippen molar-refractivity contribution in [3.63, 3.8) is 0 Å². The summed E-state index contributed by atoms with van der Waals surface area (Å²) in [6.07, 6.45) is 0.753. The van der Waals surface area contributed by atoms with Gasteiger partial charge >= 0.3 is 6.36 Å². The van der Waals surface area contributed by atoms with Crippen LogP contribution in [0.5, 0.6) is 5.75 Å². The van der Waals surface area contributed by atoms with Crippen LogP contribution in [0, 0.1) is 0 Å². The van der Waals surface area contributed by atoms with E-state index in [9.17, 15) is 18.0 Å². The fraction of sp³-hybridized carbons (Fsp3) is 0.238. The van der Waals surface area contributed by atoms with Gasteiger partial charge in [-0.05, 0) is 55.3 Å². The van der Waals surface area contributed by atoms with Crippen LogP contribution >= 0.6 is 0 Å². The van der Waals surface area contributed by atoms with E-state index in [1.807, 2.05) is 12.1 Å². The molecule has 0 aliphatic carbocycles. The van der Waals surface area contributed by atoms with E-state index in [2.05, 4.69) is 24.9 Å². The molecular weight excluding hydrogens is 397 g/mol. The molecule has 2 N–H and O–H groups in total. The minimum Gasteiger partial charge on any atom is -0.406 e. The minimum absolute atomic E-state index is 0.346. The van der Waals surface area contributed by atoms with Gasteiger partial charge in [0.2, 0.25) is 0 Å².